The molecule has 10 rings (SSSR count). The van der Waals surface area contributed by atoms with Crippen LogP contribution >= 0.6 is 0 Å². The van der Waals surface area contributed by atoms with E-state index in [0.29, 0.717) is 5.92 Å². The second kappa shape index (κ2) is 9.68. The van der Waals surface area contributed by atoms with Crippen LogP contribution in [0.25, 0.3) is 11.1 Å². The summed E-state index contributed by atoms with van der Waals surface area (Å²) in [5.41, 5.74) is 19.6. The van der Waals surface area contributed by atoms with Crippen LogP contribution in [0.3, 0.4) is 0 Å². The maximum absolute atomic E-state index is 2.61. The Labute approximate surface area is 271 Å². The minimum atomic E-state index is -0.338. The van der Waals surface area contributed by atoms with Crippen molar-refractivity contribution < 1.29 is 0 Å². The van der Waals surface area contributed by atoms with Crippen LogP contribution in [0.5, 0.6) is 0 Å². The summed E-state index contributed by atoms with van der Waals surface area (Å²) in [7, 11) is 0. The molecule has 220 valence electrons. The number of para-hydroxylation sites is 2. The molecule has 0 saturated heterocycles. The van der Waals surface area contributed by atoms with Gasteiger partial charge in [-0.1, -0.05) is 140 Å². The van der Waals surface area contributed by atoms with Crippen LogP contribution in [0.2, 0.25) is 0 Å². The second-order valence-corrected chi connectivity index (χ2v) is 13.5. The van der Waals surface area contributed by atoms with Crippen molar-refractivity contribution in [1.82, 2.24) is 0 Å². The van der Waals surface area contributed by atoms with Crippen LogP contribution in [0.15, 0.2) is 157 Å². The molecular formula is C45H35N. The molecule has 1 nitrogen and oxygen atoms in total. The van der Waals surface area contributed by atoms with Crippen molar-refractivity contribution >= 4 is 22.5 Å². The molecule has 46 heavy (non-hydrogen) atoms. The van der Waals surface area contributed by atoms with Crippen LogP contribution in [-0.4, -0.2) is 0 Å². The van der Waals surface area contributed by atoms with Gasteiger partial charge in [0.05, 0.1) is 16.8 Å². The standard InChI is InChI=1S/C45H35N/c1-29(30-14-4-2-5-15-30)33-19-12-22-39-43(33)36-28-32(31-16-6-3-7-17-31)26-27-37(36)45(39)38-21-9-11-25-42(38)46-41-24-10-8-18-34(41)35-20-13-23-40(45)44(35)46/h2-17,19-25,28-29,34H,18,26-27H2,1H3. The first-order valence-electron chi connectivity index (χ1n) is 16.8. The molecule has 0 radical (unpaired) electrons. The first kappa shape index (κ1) is 26.1. The lowest BCUT2D eigenvalue weighted by molar-refractivity contribution is 0.687. The van der Waals surface area contributed by atoms with Crippen LogP contribution < -0.4 is 4.90 Å². The summed E-state index contributed by atoms with van der Waals surface area (Å²) >= 11 is 0. The Morgan fingerprint density at radius 2 is 1.46 bits per heavy atom. The SMILES string of the molecule is CC(c1ccccc1)c1cccc2c1C1=C(CCC(c3ccccc3)=C1)C21c2ccccc2N2C3=CC=CCC3c3cccc1c32. The first-order valence-corrected chi connectivity index (χ1v) is 16.8. The second-order valence-electron chi connectivity index (χ2n) is 13.5. The van der Waals surface area contributed by atoms with Gasteiger partial charge >= 0.3 is 0 Å². The minimum Gasteiger partial charge on any atom is -0.313 e. The lowest BCUT2D eigenvalue weighted by Gasteiger charge is -2.45. The summed E-state index contributed by atoms with van der Waals surface area (Å²) in [6.07, 6.45) is 12.6. The number of allylic oxidation sites excluding steroid dienone is 8. The highest BCUT2D eigenvalue weighted by molar-refractivity contribution is 6.01. The fourth-order valence-corrected chi connectivity index (χ4v) is 9.51. The highest BCUT2D eigenvalue weighted by Gasteiger charge is 2.56. The Morgan fingerprint density at radius 3 is 2.33 bits per heavy atom. The quantitative estimate of drug-likeness (QED) is 0.202. The summed E-state index contributed by atoms with van der Waals surface area (Å²) in [6, 6.07) is 45.8. The van der Waals surface area contributed by atoms with E-state index in [1.807, 2.05) is 0 Å². The van der Waals surface area contributed by atoms with E-state index < -0.39 is 0 Å². The molecule has 0 amide bonds. The fourth-order valence-electron chi connectivity index (χ4n) is 9.51. The van der Waals surface area contributed by atoms with Gasteiger partial charge in [-0.2, -0.15) is 0 Å². The summed E-state index contributed by atoms with van der Waals surface area (Å²) in [5.74, 6) is 0.671. The maximum atomic E-state index is 2.61. The molecule has 3 atom stereocenters. The Morgan fingerprint density at radius 1 is 0.717 bits per heavy atom. The van der Waals surface area contributed by atoms with E-state index in [-0.39, 0.29) is 11.3 Å². The molecule has 0 bridgehead atoms. The first-order chi connectivity index (χ1) is 22.8. The molecule has 1 heteroatoms. The van der Waals surface area contributed by atoms with Crippen molar-refractivity contribution in [2.24, 2.45) is 0 Å². The predicted octanol–water partition coefficient (Wildman–Crippen LogP) is 11.2. The normalized spacial score (nSPS) is 22.0. The van der Waals surface area contributed by atoms with Gasteiger partial charge in [-0.25, -0.2) is 0 Å². The molecule has 3 unspecified atom stereocenters. The Balaban J connectivity index is 1.32. The maximum Gasteiger partial charge on any atom is 0.0717 e. The average Bonchev–Trinajstić information content (AvgIpc) is 3.62. The number of anilines is 2. The van der Waals surface area contributed by atoms with Gasteiger partial charge in [0.15, 0.2) is 0 Å². The van der Waals surface area contributed by atoms with Gasteiger partial charge < -0.3 is 4.90 Å². The Hall–Kier alpha value is -5.14. The van der Waals surface area contributed by atoms with Crippen LogP contribution in [0, 0.1) is 0 Å². The molecule has 2 heterocycles. The summed E-state index contributed by atoms with van der Waals surface area (Å²) in [6.45, 7) is 2.39. The molecule has 0 fully saturated rings. The highest BCUT2D eigenvalue weighted by atomic mass is 15.2. The zero-order chi connectivity index (χ0) is 30.4. The summed E-state index contributed by atoms with van der Waals surface area (Å²) < 4.78 is 0. The number of rotatable bonds is 3. The lowest BCUT2D eigenvalue weighted by Crippen LogP contribution is -2.37. The summed E-state index contributed by atoms with van der Waals surface area (Å²) in [4.78, 5) is 2.61. The van der Waals surface area contributed by atoms with Crippen LogP contribution in [0.4, 0.5) is 11.4 Å². The van der Waals surface area contributed by atoms with Crippen molar-refractivity contribution in [3.05, 3.63) is 201 Å². The van der Waals surface area contributed by atoms with Gasteiger partial charge in [-0.3, -0.25) is 0 Å². The highest BCUT2D eigenvalue weighted by Crippen LogP contribution is 2.68. The predicted molar refractivity (Wildman–Crippen MR) is 190 cm³/mol. The van der Waals surface area contributed by atoms with E-state index in [4.69, 9.17) is 0 Å². The molecule has 2 aliphatic heterocycles. The largest absolute Gasteiger partial charge is 0.313 e. The Bertz CT molecular complexity index is 2190. The molecule has 0 N–H and O–H groups in total. The van der Waals surface area contributed by atoms with E-state index >= 15 is 0 Å². The van der Waals surface area contributed by atoms with E-state index in [2.05, 4.69) is 157 Å². The molecule has 3 aliphatic carbocycles. The molecule has 0 saturated carbocycles. The van der Waals surface area contributed by atoms with Crippen LogP contribution in [0.1, 0.15) is 82.5 Å². The van der Waals surface area contributed by atoms with Gasteiger partial charge in [0.1, 0.15) is 0 Å². The van der Waals surface area contributed by atoms with Crippen LogP contribution in [-0.2, 0) is 5.41 Å². The fraction of sp³-hybridized carbons (Fsp3) is 0.156. The van der Waals surface area contributed by atoms with E-state index in [0.717, 1.165) is 19.3 Å². The van der Waals surface area contributed by atoms with Crippen molar-refractivity contribution in [2.45, 2.75) is 43.4 Å². The van der Waals surface area contributed by atoms with E-state index in [9.17, 15) is 0 Å². The number of fused-ring (bicyclic) bond motifs is 11. The lowest BCUT2D eigenvalue weighted by atomic mass is 9.62. The third-order valence-corrected chi connectivity index (χ3v) is 11.4. The number of hydrogen-bond acceptors (Lipinski definition) is 1. The molecular weight excluding hydrogens is 555 g/mol. The zero-order valence-corrected chi connectivity index (χ0v) is 26.1. The van der Waals surface area contributed by atoms with Gasteiger partial charge in [-0.15, -0.1) is 0 Å². The smallest absolute Gasteiger partial charge is 0.0717 e. The van der Waals surface area contributed by atoms with Gasteiger partial charge in [0, 0.05) is 17.5 Å². The van der Waals surface area contributed by atoms with Gasteiger partial charge in [0.2, 0.25) is 0 Å². The average molecular weight is 590 g/mol. The third-order valence-electron chi connectivity index (χ3n) is 11.4. The zero-order valence-electron chi connectivity index (χ0n) is 26.1. The number of nitrogens with zero attached hydrogens (tertiary/aromatic N) is 1. The third kappa shape index (κ3) is 3.30. The van der Waals surface area contributed by atoms with Crippen molar-refractivity contribution in [2.75, 3.05) is 4.90 Å². The van der Waals surface area contributed by atoms with E-state index in [1.165, 1.54) is 72.7 Å². The minimum absolute atomic E-state index is 0.270. The Kier molecular flexibility index (Phi) is 5.49. The van der Waals surface area contributed by atoms with Gasteiger partial charge in [0.25, 0.3) is 0 Å². The molecule has 5 aliphatic rings. The topological polar surface area (TPSA) is 3.24 Å². The van der Waals surface area contributed by atoms with Crippen molar-refractivity contribution in [1.29, 1.82) is 0 Å². The van der Waals surface area contributed by atoms with E-state index in [1.54, 1.807) is 5.57 Å². The van der Waals surface area contributed by atoms with Crippen molar-refractivity contribution in [3.8, 4) is 0 Å². The summed E-state index contributed by atoms with van der Waals surface area (Å²) in [5, 5.41) is 0. The molecule has 1 spiro atoms. The number of hydrogen-bond donors (Lipinski definition) is 0. The monoisotopic (exact) mass is 589 g/mol. The van der Waals surface area contributed by atoms with Gasteiger partial charge in [-0.05, 0) is 92.6 Å². The molecule has 5 aromatic rings. The molecule has 5 aromatic carbocycles. The van der Waals surface area contributed by atoms with Crippen molar-refractivity contribution in [3.63, 3.8) is 0 Å². The molecule has 0 aromatic heterocycles. The number of benzene rings is 5.